The molecule has 1 amide bonds. The number of amides is 1. The number of fused-ring (bicyclic) bond motifs is 3. The van der Waals surface area contributed by atoms with Gasteiger partial charge in [0.25, 0.3) is 5.91 Å². The van der Waals surface area contributed by atoms with Crippen LogP contribution in [0.1, 0.15) is 43.4 Å². The number of ketones is 2. The minimum Gasteiger partial charge on any atom is -0.508 e. The average molecular weight is 561 g/mol. The van der Waals surface area contributed by atoms with Crippen molar-refractivity contribution >= 4 is 23.2 Å². The lowest BCUT2D eigenvalue weighted by molar-refractivity contribution is -0.153. The van der Waals surface area contributed by atoms with E-state index in [-0.39, 0.29) is 29.7 Å². The smallest absolute Gasteiger partial charge is 0.255 e. The fraction of sp³-hybridized carbons (Fsp3) is 0.406. The molecule has 0 aromatic heterocycles. The summed E-state index contributed by atoms with van der Waals surface area (Å²) >= 11 is 0. The summed E-state index contributed by atoms with van der Waals surface area (Å²) < 4.78 is 0. The van der Waals surface area contributed by atoms with Gasteiger partial charge in [0.05, 0.1) is 11.6 Å². The third-order valence-corrected chi connectivity index (χ3v) is 8.88. The summed E-state index contributed by atoms with van der Waals surface area (Å²) in [5.41, 5.74) is 5.35. The highest BCUT2D eigenvalue weighted by atomic mass is 16.3. The molecule has 0 bridgehead atoms. The number of phenolic OH excluding ortho intramolecular Hbond substituents is 1. The van der Waals surface area contributed by atoms with Crippen LogP contribution in [0.15, 0.2) is 53.3 Å². The summed E-state index contributed by atoms with van der Waals surface area (Å²) in [5, 5.41) is 45.0. The number of likely N-dealkylation sites (N-methyl/N-ethyl adjacent to an activating group) is 1. The number of nitrogens with two attached hydrogens (primary N) is 1. The Balaban J connectivity index is 1.64. The van der Waals surface area contributed by atoms with E-state index in [4.69, 9.17) is 5.73 Å². The number of hydrogen-bond acceptors (Lipinski definition) is 8. The van der Waals surface area contributed by atoms with Crippen molar-refractivity contribution in [2.75, 3.05) is 14.1 Å². The Labute approximate surface area is 238 Å². The normalized spacial score (nSPS) is 25.9. The first-order valence-electron chi connectivity index (χ1n) is 13.9. The Morgan fingerprint density at radius 3 is 2.32 bits per heavy atom. The van der Waals surface area contributed by atoms with Crippen LogP contribution in [-0.2, 0) is 27.2 Å². The van der Waals surface area contributed by atoms with Gasteiger partial charge in [-0.3, -0.25) is 19.3 Å². The van der Waals surface area contributed by atoms with Gasteiger partial charge in [-0.1, -0.05) is 44.2 Å². The quantitative estimate of drug-likeness (QED) is 0.337. The van der Waals surface area contributed by atoms with Crippen LogP contribution in [0.25, 0.3) is 16.9 Å². The van der Waals surface area contributed by atoms with Gasteiger partial charge in [0.2, 0.25) is 5.78 Å². The van der Waals surface area contributed by atoms with Gasteiger partial charge in [0.1, 0.15) is 22.8 Å². The first-order valence-corrected chi connectivity index (χ1v) is 13.9. The van der Waals surface area contributed by atoms with Crippen LogP contribution < -0.4 is 5.73 Å². The maximum absolute atomic E-state index is 14.0. The molecule has 41 heavy (non-hydrogen) atoms. The van der Waals surface area contributed by atoms with E-state index in [2.05, 4.69) is 26.0 Å². The number of phenols is 1. The predicted molar refractivity (Wildman–Crippen MR) is 153 cm³/mol. The maximum Gasteiger partial charge on any atom is 0.255 e. The van der Waals surface area contributed by atoms with Crippen molar-refractivity contribution < 1.29 is 34.8 Å². The highest BCUT2D eigenvalue weighted by Gasteiger charge is 2.64. The van der Waals surface area contributed by atoms with Crippen LogP contribution in [0.5, 0.6) is 5.75 Å². The van der Waals surface area contributed by atoms with E-state index in [0.717, 1.165) is 24.0 Å². The van der Waals surface area contributed by atoms with Crippen molar-refractivity contribution in [2.45, 2.75) is 51.2 Å². The van der Waals surface area contributed by atoms with Gasteiger partial charge in [-0.05, 0) is 79.9 Å². The van der Waals surface area contributed by atoms with Crippen molar-refractivity contribution in [3.05, 3.63) is 70.0 Å². The fourth-order valence-electron chi connectivity index (χ4n) is 6.82. The number of Topliss-reactive ketones (excluding diaryl/α,β-unsaturated/α-hetero) is 2. The number of rotatable bonds is 6. The number of aromatic hydroxyl groups is 1. The monoisotopic (exact) mass is 560 g/mol. The molecule has 3 aliphatic rings. The lowest BCUT2D eigenvalue weighted by Gasteiger charge is -2.50. The highest BCUT2D eigenvalue weighted by Crippen LogP contribution is 2.53. The molecule has 9 nitrogen and oxygen atoms in total. The number of primary amides is 1. The molecule has 1 fully saturated rings. The topological polar surface area (TPSA) is 161 Å². The van der Waals surface area contributed by atoms with Crippen LogP contribution in [0.3, 0.4) is 0 Å². The Bertz CT molecular complexity index is 1520. The molecule has 0 spiro atoms. The lowest BCUT2D eigenvalue weighted by Crippen LogP contribution is -2.65. The fourth-order valence-corrected chi connectivity index (χ4v) is 6.82. The molecule has 0 unspecified atom stereocenters. The van der Waals surface area contributed by atoms with Gasteiger partial charge in [-0.25, -0.2) is 0 Å². The molecule has 6 N–H and O–H groups in total. The SMILES string of the molecule is CC(C)CCc1ccc(-c2ccc(O)c3c2C[C@@H]2C[C@@H]4[C@@H](N(C)C)C(=O)C(C(N)=O)=C(O)[C@]4(O)C(=O)C2=C3O)cc1. The molecule has 0 radical (unpaired) electrons. The predicted octanol–water partition coefficient (Wildman–Crippen LogP) is 3.22. The molecule has 1 saturated carbocycles. The van der Waals surface area contributed by atoms with Gasteiger partial charge >= 0.3 is 0 Å². The summed E-state index contributed by atoms with van der Waals surface area (Å²) in [5.74, 6) is -6.01. The summed E-state index contributed by atoms with van der Waals surface area (Å²) in [7, 11) is 3.16. The van der Waals surface area contributed by atoms with Crippen molar-refractivity contribution in [3.8, 4) is 16.9 Å². The van der Waals surface area contributed by atoms with Gasteiger partial charge < -0.3 is 26.2 Å². The standard InChI is InChI=1S/C32H36N2O7/c1-15(2)5-6-16-7-9-17(10-8-16)19-11-12-22(35)24-20(19)13-18-14-21-26(34(3)4)28(37)25(31(33)40)30(39)32(21,41)29(38)23(18)27(24)36/h7-12,15,18,21,26,35-36,39,41H,5-6,13-14H2,1-4H3,(H2,33,40)/t18-,21-,26-,32-/m1/s1. The van der Waals surface area contributed by atoms with Crippen LogP contribution in [-0.4, -0.2) is 68.5 Å². The average Bonchev–Trinajstić information content (AvgIpc) is 2.89. The van der Waals surface area contributed by atoms with E-state index in [1.54, 1.807) is 20.2 Å². The minimum atomic E-state index is -2.65. The third kappa shape index (κ3) is 4.35. The molecule has 3 aliphatic carbocycles. The third-order valence-electron chi connectivity index (χ3n) is 8.88. The Morgan fingerprint density at radius 2 is 1.73 bits per heavy atom. The molecule has 216 valence electrons. The zero-order chi connectivity index (χ0) is 30.0. The van der Waals surface area contributed by atoms with Crippen LogP contribution in [0, 0.1) is 17.8 Å². The molecule has 0 heterocycles. The van der Waals surface area contributed by atoms with Crippen molar-refractivity contribution in [3.63, 3.8) is 0 Å². The van der Waals surface area contributed by atoms with Crippen LogP contribution in [0.2, 0.25) is 0 Å². The van der Waals surface area contributed by atoms with E-state index >= 15 is 0 Å². The largest absolute Gasteiger partial charge is 0.508 e. The zero-order valence-electron chi connectivity index (χ0n) is 23.6. The van der Waals surface area contributed by atoms with Crippen LogP contribution >= 0.6 is 0 Å². The molecule has 2 aromatic rings. The number of aliphatic hydroxyl groups excluding tert-OH is 2. The maximum atomic E-state index is 14.0. The molecule has 0 aliphatic heterocycles. The molecular weight excluding hydrogens is 524 g/mol. The summed E-state index contributed by atoms with van der Waals surface area (Å²) in [6.45, 7) is 4.36. The second-order valence-corrected chi connectivity index (χ2v) is 12.1. The van der Waals surface area contributed by atoms with Crippen molar-refractivity contribution in [1.29, 1.82) is 0 Å². The number of aliphatic hydroxyl groups is 3. The van der Waals surface area contributed by atoms with Crippen LogP contribution in [0.4, 0.5) is 0 Å². The first kappa shape index (κ1) is 28.6. The number of benzene rings is 2. The molecule has 4 atom stereocenters. The molecule has 2 aromatic carbocycles. The number of hydrogen-bond donors (Lipinski definition) is 5. The molecule has 0 saturated heterocycles. The van der Waals surface area contributed by atoms with Gasteiger partial charge in [0.15, 0.2) is 11.4 Å². The second kappa shape index (κ2) is 10.2. The number of carbonyl (C=O) groups is 3. The van der Waals surface area contributed by atoms with Crippen molar-refractivity contribution in [1.82, 2.24) is 4.90 Å². The Kier molecular flexibility index (Phi) is 7.07. The van der Waals surface area contributed by atoms with E-state index < -0.39 is 58.0 Å². The van der Waals surface area contributed by atoms with Gasteiger partial charge in [-0.2, -0.15) is 0 Å². The second-order valence-electron chi connectivity index (χ2n) is 12.1. The lowest BCUT2D eigenvalue weighted by atomic mass is 9.57. The van der Waals surface area contributed by atoms with E-state index in [9.17, 15) is 34.8 Å². The number of nitrogens with zero attached hydrogens (tertiary/aromatic N) is 1. The van der Waals surface area contributed by atoms with E-state index in [1.807, 2.05) is 12.1 Å². The molecule has 9 heteroatoms. The first-order chi connectivity index (χ1) is 19.3. The van der Waals surface area contributed by atoms with E-state index in [1.165, 1.54) is 16.5 Å². The zero-order valence-corrected chi connectivity index (χ0v) is 23.6. The molecule has 5 rings (SSSR count). The summed E-state index contributed by atoms with van der Waals surface area (Å²) in [6, 6.07) is 10.2. The van der Waals surface area contributed by atoms with E-state index in [0.29, 0.717) is 11.5 Å². The minimum absolute atomic E-state index is 0.0506. The number of aryl methyl sites for hydroxylation is 1. The summed E-state index contributed by atoms with van der Waals surface area (Å²) in [4.78, 5) is 40.9. The number of carbonyl (C=O) groups excluding carboxylic acids is 3. The highest BCUT2D eigenvalue weighted by molar-refractivity contribution is 6.24. The Morgan fingerprint density at radius 1 is 1.07 bits per heavy atom. The van der Waals surface area contributed by atoms with Crippen molar-refractivity contribution in [2.24, 2.45) is 23.5 Å². The molecular formula is C32H36N2O7. The van der Waals surface area contributed by atoms with Gasteiger partial charge in [-0.15, -0.1) is 0 Å². The van der Waals surface area contributed by atoms with Gasteiger partial charge in [0, 0.05) is 11.5 Å². The Hall–Kier alpha value is -3.95. The summed E-state index contributed by atoms with van der Waals surface area (Å²) in [6.07, 6.45) is 2.32.